The van der Waals surface area contributed by atoms with E-state index in [1.54, 1.807) is 0 Å². The average Bonchev–Trinajstić information content (AvgIpc) is 2.55. The molecule has 3 N–H and O–H groups in total. The van der Waals surface area contributed by atoms with Crippen LogP contribution in [0.5, 0.6) is 0 Å². The number of piperidine rings is 1. The predicted octanol–water partition coefficient (Wildman–Crippen LogP) is 4.84. The molecule has 0 bridgehead atoms. The van der Waals surface area contributed by atoms with Crippen LogP contribution in [0.1, 0.15) is 80.6 Å². The smallest absolute Gasteiger partial charge is 0.231 e. The number of anilines is 1. The van der Waals surface area contributed by atoms with Crippen molar-refractivity contribution in [2.24, 2.45) is 11.7 Å². The Kier molecular flexibility index (Phi) is 7.80. The molecule has 1 aromatic heterocycles. The molecule has 8 heteroatoms. The van der Waals surface area contributed by atoms with E-state index in [0.29, 0.717) is 18.4 Å². The second kappa shape index (κ2) is 9.21. The van der Waals surface area contributed by atoms with Gasteiger partial charge in [-0.25, -0.2) is 0 Å². The second-order valence-corrected chi connectivity index (χ2v) is 10.6. The van der Waals surface area contributed by atoms with Crippen molar-refractivity contribution < 1.29 is 0 Å². The van der Waals surface area contributed by atoms with Gasteiger partial charge in [0.1, 0.15) is 0 Å². The molecule has 0 amide bonds. The number of halogens is 2. The van der Waals surface area contributed by atoms with Crippen LogP contribution in [0.4, 0.5) is 5.95 Å². The van der Waals surface area contributed by atoms with E-state index in [0.717, 1.165) is 32.1 Å². The molecule has 2 atom stereocenters. The molecule has 1 aromatic rings. The fourth-order valence-corrected chi connectivity index (χ4v) is 5.85. The fraction of sp³-hybridized carbons (Fsp3) is 0.857. The van der Waals surface area contributed by atoms with Crippen molar-refractivity contribution in [1.82, 2.24) is 20.3 Å². The van der Waals surface area contributed by atoms with Crippen LogP contribution in [-0.4, -0.2) is 44.2 Å². The number of hydrogen-bond donors (Lipinski definition) is 2. The number of hydrogen-bond acceptors (Lipinski definition) is 6. The lowest BCUT2D eigenvalue weighted by Crippen LogP contribution is -2.66. The Bertz CT molecular complexity index is 659. The van der Waals surface area contributed by atoms with Gasteiger partial charge in [-0.1, -0.05) is 20.3 Å². The molecular formula is C21H38Cl2N6. The zero-order valence-electron chi connectivity index (χ0n) is 19.0. The topological polar surface area (TPSA) is 80.0 Å². The van der Waals surface area contributed by atoms with Gasteiger partial charge in [0.25, 0.3) is 0 Å². The fourth-order valence-electron chi connectivity index (χ4n) is 5.50. The van der Waals surface area contributed by atoms with Gasteiger partial charge in [-0.3, -0.25) is 0 Å². The first-order valence-electron chi connectivity index (χ1n) is 10.7. The lowest BCUT2D eigenvalue weighted by molar-refractivity contribution is 0.128. The lowest BCUT2D eigenvalue weighted by Gasteiger charge is -2.56. The molecule has 1 fully saturated rings. The number of aromatic nitrogens is 3. The third kappa shape index (κ3) is 5.72. The van der Waals surface area contributed by atoms with Crippen molar-refractivity contribution in [1.29, 1.82) is 0 Å². The summed E-state index contributed by atoms with van der Waals surface area (Å²) >= 11 is 12.4. The van der Waals surface area contributed by atoms with Crippen LogP contribution in [0.2, 0.25) is 10.6 Å². The Morgan fingerprint density at radius 3 is 2.03 bits per heavy atom. The molecule has 2 heterocycles. The van der Waals surface area contributed by atoms with Crippen molar-refractivity contribution in [2.45, 2.75) is 103 Å². The Labute approximate surface area is 186 Å². The van der Waals surface area contributed by atoms with E-state index in [1.807, 2.05) is 0 Å². The largest absolute Gasteiger partial charge is 0.332 e. The quantitative estimate of drug-likeness (QED) is 0.596. The van der Waals surface area contributed by atoms with E-state index in [4.69, 9.17) is 28.9 Å². The zero-order valence-corrected chi connectivity index (χ0v) is 20.5. The van der Waals surface area contributed by atoms with Gasteiger partial charge in [0.15, 0.2) is 0 Å². The van der Waals surface area contributed by atoms with E-state index in [1.165, 1.54) is 0 Å². The van der Waals surface area contributed by atoms with Gasteiger partial charge in [0.05, 0.1) is 0 Å². The molecule has 1 saturated heterocycles. The number of nitrogens with zero attached hydrogens (tertiary/aromatic N) is 4. The molecule has 166 valence electrons. The minimum Gasteiger partial charge on any atom is -0.332 e. The van der Waals surface area contributed by atoms with Crippen molar-refractivity contribution in [3.8, 4) is 0 Å². The first-order chi connectivity index (χ1) is 13.4. The number of nitrogens with two attached hydrogens (primary N) is 1. The van der Waals surface area contributed by atoms with E-state index >= 15 is 0 Å². The van der Waals surface area contributed by atoms with Crippen LogP contribution >= 0.6 is 23.2 Å². The molecule has 1 aliphatic heterocycles. The summed E-state index contributed by atoms with van der Waals surface area (Å²) in [5, 5.41) is 4.03. The highest BCUT2D eigenvalue weighted by Gasteiger charge is 2.47. The van der Waals surface area contributed by atoms with Crippen molar-refractivity contribution in [2.75, 3.05) is 11.4 Å². The molecule has 0 aromatic carbocycles. The summed E-state index contributed by atoms with van der Waals surface area (Å²) in [6.07, 6.45) is 4.85. The average molecular weight is 445 g/mol. The summed E-state index contributed by atoms with van der Waals surface area (Å²) in [7, 11) is 0. The van der Waals surface area contributed by atoms with Crippen LogP contribution in [-0.2, 0) is 0 Å². The molecule has 0 saturated carbocycles. The summed E-state index contributed by atoms with van der Waals surface area (Å²) in [6.45, 7) is 16.5. The van der Waals surface area contributed by atoms with Gasteiger partial charge >= 0.3 is 0 Å². The van der Waals surface area contributed by atoms with Crippen LogP contribution in [0.3, 0.4) is 0 Å². The standard InChI is InChI=1S/C21H38Cl2N6/c1-8-14(10-11-24)21(7,9-2)29(18-26-16(22)25-17(23)27-18)15-12-19(3,4)28-20(5,6)13-15/h14-15,28H,8-13,24H2,1-7H3. The Hall–Kier alpha value is -0.690. The summed E-state index contributed by atoms with van der Waals surface area (Å²) < 4.78 is 0. The summed E-state index contributed by atoms with van der Waals surface area (Å²) in [5.74, 6) is 0.959. The molecule has 6 nitrogen and oxygen atoms in total. The third-order valence-corrected chi connectivity index (χ3v) is 6.81. The molecule has 2 unspecified atom stereocenters. The van der Waals surface area contributed by atoms with Crippen molar-refractivity contribution in [3.05, 3.63) is 10.6 Å². The van der Waals surface area contributed by atoms with Crippen LogP contribution in [0, 0.1) is 5.92 Å². The number of nitrogens with one attached hydrogen (secondary N) is 1. The molecule has 2 rings (SSSR count). The third-order valence-electron chi connectivity index (χ3n) is 6.47. The van der Waals surface area contributed by atoms with Gasteiger partial charge < -0.3 is 16.0 Å². The highest BCUT2D eigenvalue weighted by molar-refractivity contribution is 6.31. The molecule has 0 spiro atoms. The summed E-state index contributed by atoms with van der Waals surface area (Å²) in [4.78, 5) is 15.4. The summed E-state index contributed by atoms with van der Waals surface area (Å²) in [6, 6.07) is 0.229. The normalized spacial score (nSPS) is 22.1. The first-order valence-corrected chi connectivity index (χ1v) is 11.5. The molecule has 29 heavy (non-hydrogen) atoms. The second-order valence-electron chi connectivity index (χ2n) is 9.89. The van der Waals surface area contributed by atoms with Crippen LogP contribution in [0.15, 0.2) is 0 Å². The van der Waals surface area contributed by atoms with Gasteiger partial charge in [0, 0.05) is 22.7 Å². The van der Waals surface area contributed by atoms with E-state index < -0.39 is 0 Å². The van der Waals surface area contributed by atoms with Gasteiger partial charge in [-0.2, -0.15) is 15.0 Å². The maximum Gasteiger partial charge on any atom is 0.231 e. The number of rotatable bonds is 8. The molecular weight excluding hydrogens is 407 g/mol. The highest BCUT2D eigenvalue weighted by atomic mass is 35.5. The minimum absolute atomic E-state index is 0.0183. The maximum atomic E-state index is 6.21. The van der Waals surface area contributed by atoms with E-state index in [-0.39, 0.29) is 33.2 Å². The Morgan fingerprint density at radius 1 is 1.10 bits per heavy atom. The Morgan fingerprint density at radius 2 is 1.62 bits per heavy atom. The van der Waals surface area contributed by atoms with Gasteiger partial charge in [0.2, 0.25) is 16.5 Å². The van der Waals surface area contributed by atoms with Gasteiger partial charge in [-0.05, 0) is 96.0 Å². The molecule has 1 aliphatic rings. The maximum absolute atomic E-state index is 6.21. The van der Waals surface area contributed by atoms with E-state index in [9.17, 15) is 0 Å². The molecule has 0 radical (unpaired) electrons. The summed E-state index contributed by atoms with van der Waals surface area (Å²) in [5.41, 5.74) is 5.78. The first kappa shape index (κ1) is 24.6. The van der Waals surface area contributed by atoms with E-state index in [2.05, 4.69) is 73.6 Å². The van der Waals surface area contributed by atoms with Gasteiger partial charge in [-0.15, -0.1) is 0 Å². The minimum atomic E-state index is -0.184. The van der Waals surface area contributed by atoms with Crippen LogP contribution < -0.4 is 16.0 Å². The van der Waals surface area contributed by atoms with Crippen LogP contribution in [0.25, 0.3) is 0 Å². The zero-order chi connectivity index (χ0) is 22.0. The van der Waals surface area contributed by atoms with Crippen molar-refractivity contribution in [3.63, 3.8) is 0 Å². The molecule has 0 aliphatic carbocycles. The highest BCUT2D eigenvalue weighted by Crippen LogP contribution is 2.42. The SMILES string of the molecule is CCC(CCN)C(C)(CC)N(c1nc(Cl)nc(Cl)n1)C1CC(C)(C)NC(C)(C)C1. The predicted molar refractivity (Wildman–Crippen MR) is 123 cm³/mol. The Balaban J connectivity index is 2.64. The lowest BCUT2D eigenvalue weighted by atomic mass is 9.73. The van der Waals surface area contributed by atoms with Crippen molar-refractivity contribution >= 4 is 29.2 Å². The monoisotopic (exact) mass is 444 g/mol.